The molecule has 0 saturated carbocycles. The van der Waals surface area contributed by atoms with Gasteiger partial charge in [-0.05, 0) is 30.7 Å². The van der Waals surface area contributed by atoms with Gasteiger partial charge in [-0.1, -0.05) is 12.1 Å². The molecular formula is C14H17NO4. The number of carbonyl (C=O) groups is 2. The summed E-state index contributed by atoms with van der Waals surface area (Å²) < 4.78 is 5.30. The predicted molar refractivity (Wildman–Crippen MR) is 71.9 cm³/mol. The third kappa shape index (κ3) is 5.25. The molecule has 0 aliphatic carbocycles. The molecule has 0 heterocycles. The van der Waals surface area contributed by atoms with E-state index in [2.05, 4.69) is 0 Å². The van der Waals surface area contributed by atoms with Crippen LogP contribution >= 0.6 is 0 Å². The van der Waals surface area contributed by atoms with Crippen molar-refractivity contribution in [1.82, 2.24) is 4.90 Å². The highest BCUT2D eigenvalue weighted by Gasteiger charge is 2.08. The van der Waals surface area contributed by atoms with E-state index in [0.717, 1.165) is 16.2 Å². The second kappa shape index (κ2) is 7.20. The molecule has 0 aromatic heterocycles. The molecule has 0 unspecified atom stereocenters. The maximum absolute atomic E-state index is 11.6. The molecular weight excluding hydrogens is 246 g/mol. The van der Waals surface area contributed by atoms with Gasteiger partial charge in [0.1, 0.15) is 12.3 Å². The van der Waals surface area contributed by atoms with Crippen LogP contribution in [0, 0.1) is 0 Å². The Bertz CT molecular complexity index is 465. The van der Waals surface area contributed by atoms with Crippen molar-refractivity contribution in [3.05, 3.63) is 35.9 Å². The second-order valence-electron chi connectivity index (χ2n) is 3.92. The van der Waals surface area contributed by atoms with Crippen LogP contribution in [0.5, 0.6) is 5.75 Å². The predicted octanol–water partition coefficient (Wildman–Crippen LogP) is 1.64. The molecule has 0 atom stereocenters. The normalized spacial score (nSPS) is 10.4. The number of carboxylic acid groups (broad SMARTS) is 1. The van der Waals surface area contributed by atoms with Gasteiger partial charge in [-0.3, -0.25) is 9.59 Å². The van der Waals surface area contributed by atoms with Crippen LogP contribution in [0.1, 0.15) is 12.5 Å². The van der Waals surface area contributed by atoms with Crippen LogP contribution in [0.15, 0.2) is 30.3 Å². The highest BCUT2D eigenvalue weighted by molar-refractivity contribution is 5.93. The zero-order valence-electron chi connectivity index (χ0n) is 11.0. The maximum atomic E-state index is 11.6. The van der Waals surface area contributed by atoms with Crippen LogP contribution in [0.4, 0.5) is 0 Å². The first-order valence-corrected chi connectivity index (χ1v) is 5.90. The molecule has 1 aromatic carbocycles. The van der Waals surface area contributed by atoms with Gasteiger partial charge in [0.15, 0.2) is 0 Å². The van der Waals surface area contributed by atoms with E-state index in [0.29, 0.717) is 6.61 Å². The van der Waals surface area contributed by atoms with Gasteiger partial charge in [-0.2, -0.15) is 0 Å². The molecule has 0 radical (unpaired) electrons. The number of aliphatic carboxylic acids is 1. The van der Waals surface area contributed by atoms with E-state index >= 15 is 0 Å². The minimum atomic E-state index is -1.04. The summed E-state index contributed by atoms with van der Waals surface area (Å²) in [5.41, 5.74) is 0.848. The van der Waals surface area contributed by atoms with Gasteiger partial charge in [0.25, 0.3) is 0 Å². The fourth-order valence-electron chi connectivity index (χ4n) is 1.42. The minimum Gasteiger partial charge on any atom is -0.494 e. The molecule has 0 spiro atoms. The van der Waals surface area contributed by atoms with Crippen LogP contribution in [-0.2, 0) is 9.59 Å². The highest BCUT2D eigenvalue weighted by atomic mass is 16.5. The second-order valence-corrected chi connectivity index (χ2v) is 3.92. The first-order valence-electron chi connectivity index (χ1n) is 5.90. The number of amides is 1. The van der Waals surface area contributed by atoms with Gasteiger partial charge in [0, 0.05) is 13.1 Å². The van der Waals surface area contributed by atoms with Crippen molar-refractivity contribution in [2.75, 3.05) is 20.2 Å². The molecule has 0 fully saturated rings. The van der Waals surface area contributed by atoms with Gasteiger partial charge in [-0.25, -0.2) is 0 Å². The quantitative estimate of drug-likeness (QED) is 0.792. The maximum Gasteiger partial charge on any atom is 0.323 e. The summed E-state index contributed by atoms with van der Waals surface area (Å²) in [6.45, 7) is 2.20. The van der Waals surface area contributed by atoms with Crippen molar-refractivity contribution in [3.8, 4) is 5.75 Å². The average molecular weight is 263 g/mol. The van der Waals surface area contributed by atoms with Crippen molar-refractivity contribution in [1.29, 1.82) is 0 Å². The molecule has 0 bridgehead atoms. The average Bonchev–Trinajstić information content (AvgIpc) is 2.37. The fraction of sp³-hybridized carbons (Fsp3) is 0.286. The van der Waals surface area contributed by atoms with E-state index in [-0.39, 0.29) is 12.5 Å². The Labute approximate surface area is 112 Å². The summed E-state index contributed by atoms with van der Waals surface area (Å²) in [7, 11) is 1.44. The largest absolute Gasteiger partial charge is 0.494 e. The number of hydrogen-bond donors (Lipinski definition) is 1. The van der Waals surface area contributed by atoms with E-state index in [4.69, 9.17) is 9.84 Å². The minimum absolute atomic E-state index is 0.313. The third-order valence-corrected chi connectivity index (χ3v) is 2.36. The molecule has 5 heteroatoms. The lowest BCUT2D eigenvalue weighted by Gasteiger charge is -2.11. The number of benzene rings is 1. The van der Waals surface area contributed by atoms with E-state index in [1.54, 1.807) is 6.08 Å². The monoisotopic (exact) mass is 263 g/mol. The van der Waals surface area contributed by atoms with Crippen LogP contribution in [0.2, 0.25) is 0 Å². The summed E-state index contributed by atoms with van der Waals surface area (Å²) in [5, 5.41) is 8.57. The first-order chi connectivity index (χ1) is 9.02. The Morgan fingerprint density at radius 3 is 2.47 bits per heavy atom. The lowest BCUT2D eigenvalue weighted by atomic mass is 10.2. The highest BCUT2D eigenvalue weighted by Crippen LogP contribution is 2.13. The van der Waals surface area contributed by atoms with Gasteiger partial charge in [0.2, 0.25) is 5.91 Å². The smallest absolute Gasteiger partial charge is 0.323 e. The Morgan fingerprint density at radius 2 is 1.95 bits per heavy atom. The van der Waals surface area contributed by atoms with Crippen LogP contribution < -0.4 is 4.74 Å². The summed E-state index contributed by atoms with van der Waals surface area (Å²) in [6.07, 6.45) is 2.98. The fourth-order valence-corrected chi connectivity index (χ4v) is 1.42. The van der Waals surface area contributed by atoms with Gasteiger partial charge in [0.05, 0.1) is 6.61 Å². The van der Waals surface area contributed by atoms with Crippen molar-refractivity contribution >= 4 is 18.0 Å². The number of ether oxygens (including phenoxy) is 1. The van der Waals surface area contributed by atoms with E-state index in [1.807, 2.05) is 31.2 Å². The number of nitrogens with zero attached hydrogens (tertiary/aromatic N) is 1. The number of likely N-dealkylation sites (N-methyl/N-ethyl adjacent to an activating group) is 1. The number of carboxylic acids is 1. The first kappa shape index (κ1) is 14.8. The summed E-state index contributed by atoms with van der Waals surface area (Å²) in [4.78, 5) is 23.2. The Hall–Kier alpha value is -2.30. The summed E-state index contributed by atoms with van der Waals surface area (Å²) >= 11 is 0. The van der Waals surface area contributed by atoms with Crippen molar-refractivity contribution < 1.29 is 19.4 Å². The SMILES string of the molecule is CCOc1ccc(/C=C/C(=O)N(C)CC(=O)O)cc1. The lowest BCUT2D eigenvalue weighted by molar-refractivity contribution is -0.141. The van der Waals surface area contributed by atoms with Gasteiger partial charge < -0.3 is 14.7 Å². The van der Waals surface area contributed by atoms with Gasteiger partial charge >= 0.3 is 5.97 Å². The van der Waals surface area contributed by atoms with Crippen molar-refractivity contribution in [3.63, 3.8) is 0 Å². The molecule has 1 rings (SSSR count). The Kier molecular flexibility index (Phi) is 5.60. The number of hydrogen-bond acceptors (Lipinski definition) is 3. The lowest BCUT2D eigenvalue weighted by Crippen LogP contribution is -2.30. The third-order valence-electron chi connectivity index (χ3n) is 2.36. The van der Waals surface area contributed by atoms with E-state index < -0.39 is 5.97 Å². The van der Waals surface area contributed by atoms with Crippen molar-refractivity contribution in [2.24, 2.45) is 0 Å². The van der Waals surface area contributed by atoms with Crippen LogP contribution in [-0.4, -0.2) is 42.1 Å². The van der Waals surface area contributed by atoms with E-state index in [9.17, 15) is 9.59 Å². The van der Waals surface area contributed by atoms with Crippen molar-refractivity contribution in [2.45, 2.75) is 6.92 Å². The molecule has 0 saturated heterocycles. The molecule has 1 N–H and O–H groups in total. The molecule has 5 nitrogen and oxygen atoms in total. The van der Waals surface area contributed by atoms with Crippen LogP contribution in [0.3, 0.4) is 0 Å². The Balaban J connectivity index is 2.60. The number of carbonyl (C=O) groups excluding carboxylic acids is 1. The molecule has 0 aliphatic rings. The zero-order valence-corrected chi connectivity index (χ0v) is 11.0. The van der Waals surface area contributed by atoms with Gasteiger partial charge in [-0.15, -0.1) is 0 Å². The topological polar surface area (TPSA) is 66.8 Å². The van der Waals surface area contributed by atoms with Crippen LogP contribution in [0.25, 0.3) is 6.08 Å². The standard InChI is InChI=1S/C14H17NO4/c1-3-19-12-7-4-11(5-8-12)6-9-13(16)15(2)10-14(17)18/h4-9H,3,10H2,1-2H3,(H,17,18)/b9-6+. The molecule has 1 amide bonds. The molecule has 1 aromatic rings. The zero-order chi connectivity index (χ0) is 14.3. The Morgan fingerprint density at radius 1 is 1.32 bits per heavy atom. The molecule has 19 heavy (non-hydrogen) atoms. The molecule has 0 aliphatic heterocycles. The molecule has 102 valence electrons. The number of rotatable bonds is 6. The summed E-state index contributed by atoms with van der Waals surface area (Å²) in [6, 6.07) is 7.28. The van der Waals surface area contributed by atoms with E-state index in [1.165, 1.54) is 13.1 Å². The summed E-state index contributed by atoms with van der Waals surface area (Å²) in [5.74, 6) is -0.615.